The molecule has 1 amide bonds. The molecule has 0 bridgehead atoms. The van der Waals surface area contributed by atoms with Crippen LogP contribution in [0, 0.1) is 5.82 Å². The van der Waals surface area contributed by atoms with Gasteiger partial charge >= 0.3 is 0 Å². The van der Waals surface area contributed by atoms with Gasteiger partial charge in [-0.1, -0.05) is 55.9 Å². The number of hydrogen-bond donors (Lipinski definition) is 1. The summed E-state index contributed by atoms with van der Waals surface area (Å²) in [6.45, 7) is 4.78. The Morgan fingerprint density at radius 1 is 1.06 bits per heavy atom. The minimum atomic E-state index is -0.266. The first-order valence-electron chi connectivity index (χ1n) is 11.1. The maximum absolute atomic E-state index is 13.0. The van der Waals surface area contributed by atoms with Gasteiger partial charge in [0.25, 0.3) is 0 Å². The summed E-state index contributed by atoms with van der Waals surface area (Å²) in [5, 5.41) is 12.4. The van der Waals surface area contributed by atoms with Gasteiger partial charge in [-0.15, -0.1) is 10.2 Å². The van der Waals surface area contributed by atoms with Gasteiger partial charge in [0.15, 0.2) is 11.0 Å². The molecule has 174 valence electrons. The molecule has 34 heavy (non-hydrogen) atoms. The molecule has 4 aromatic rings. The van der Waals surface area contributed by atoms with Gasteiger partial charge < -0.3 is 5.32 Å². The highest BCUT2D eigenvalue weighted by atomic mass is 32.2. The minimum absolute atomic E-state index is 0.0956. The molecule has 0 aliphatic rings. The molecule has 4 rings (SSSR count). The van der Waals surface area contributed by atoms with Gasteiger partial charge in [0.2, 0.25) is 5.91 Å². The Kier molecular flexibility index (Phi) is 7.69. The summed E-state index contributed by atoms with van der Waals surface area (Å²) in [7, 11) is 0. The van der Waals surface area contributed by atoms with Crippen LogP contribution in [0.1, 0.15) is 30.9 Å². The molecule has 2 aromatic carbocycles. The van der Waals surface area contributed by atoms with Gasteiger partial charge in [-0.3, -0.25) is 14.3 Å². The normalized spacial score (nSPS) is 11.1. The quantitative estimate of drug-likeness (QED) is 0.343. The molecule has 0 unspecified atom stereocenters. The van der Waals surface area contributed by atoms with Gasteiger partial charge in [-0.2, -0.15) is 0 Å². The first-order valence-corrected chi connectivity index (χ1v) is 12.1. The van der Waals surface area contributed by atoms with Crippen molar-refractivity contribution in [2.24, 2.45) is 0 Å². The third kappa shape index (κ3) is 5.69. The van der Waals surface area contributed by atoms with Crippen LogP contribution in [0.15, 0.2) is 78.2 Å². The van der Waals surface area contributed by atoms with Crippen molar-refractivity contribution < 1.29 is 9.18 Å². The number of amides is 1. The largest absolute Gasteiger partial charge is 0.355 e. The summed E-state index contributed by atoms with van der Waals surface area (Å²) in [5.74, 6) is 0.825. The number of aromatic nitrogens is 4. The number of para-hydroxylation sites is 1. The van der Waals surface area contributed by atoms with E-state index in [-0.39, 0.29) is 17.5 Å². The summed E-state index contributed by atoms with van der Waals surface area (Å²) < 4.78 is 15.0. The Bertz CT molecular complexity index is 1240. The van der Waals surface area contributed by atoms with E-state index in [9.17, 15) is 9.18 Å². The lowest BCUT2D eigenvalue weighted by Crippen LogP contribution is -2.27. The van der Waals surface area contributed by atoms with Gasteiger partial charge in [0, 0.05) is 24.5 Å². The Morgan fingerprint density at radius 3 is 2.59 bits per heavy atom. The molecule has 2 heterocycles. The Balaban J connectivity index is 1.51. The number of benzene rings is 2. The van der Waals surface area contributed by atoms with E-state index in [0.29, 0.717) is 29.9 Å². The molecule has 0 saturated heterocycles. The van der Waals surface area contributed by atoms with Crippen molar-refractivity contribution in [2.45, 2.75) is 31.3 Å². The predicted octanol–water partition coefficient (Wildman–Crippen LogP) is 5.04. The molecule has 0 fully saturated rings. The number of pyridine rings is 1. The first kappa shape index (κ1) is 23.6. The number of hydrogen-bond acceptors (Lipinski definition) is 5. The van der Waals surface area contributed by atoms with Crippen molar-refractivity contribution in [1.29, 1.82) is 0 Å². The van der Waals surface area contributed by atoms with Crippen molar-refractivity contribution in [2.75, 3.05) is 12.3 Å². The van der Waals surface area contributed by atoms with E-state index in [4.69, 9.17) is 0 Å². The minimum Gasteiger partial charge on any atom is -0.355 e. The number of halogens is 1. The lowest BCUT2D eigenvalue weighted by Gasteiger charge is -2.16. The monoisotopic (exact) mass is 475 g/mol. The molecule has 0 radical (unpaired) electrons. The maximum atomic E-state index is 13.0. The molecule has 0 atom stereocenters. The van der Waals surface area contributed by atoms with Crippen molar-refractivity contribution in [3.8, 4) is 17.1 Å². The maximum Gasteiger partial charge on any atom is 0.230 e. The van der Waals surface area contributed by atoms with E-state index >= 15 is 0 Å². The van der Waals surface area contributed by atoms with Crippen molar-refractivity contribution in [3.63, 3.8) is 0 Å². The highest BCUT2D eigenvalue weighted by Crippen LogP contribution is 2.31. The van der Waals surface area contributed by atoms with E-state index in [1.54, 1.807) is 24.5 Å². The molecule has 6 nitrogen and oxygen atoms in total. The lowest BCUT2D eigenvalue weighted by atomic mass is 10.0. The van der Waals surface area contributed by atoms with Gasteiger partial charge in [-0.25, -0.2) is 4.39 Å². The summed E-state index contributed by atoms with van der Waals surface area (Å²) in [5.41, 5.74) is 3.98. The fourth-order valence-corrected chi connectivity index (χ4v) is 4.40. The predicted molar refractivity (Wildman–Crippen MR) is 133 cm³/mol. The van der Waals surface area contributed by atoms with Crippen LogP contribution in [-0.4, -0.2) is 38.0 Å². The van der Waals surface area contributed by atoms with E-state index < -0.39 is 0 Å². The number of carbonyl (C=O) groups is 1. The fraction of sp³-hybridized carbons (Fsp3) is 0.231. The van der Waals surface area contributed by atoms with Gasteiger partial charge in [0.05, 0.1) is 11.4 Å². The molecule has 0 aliphatic heterocycles. The topological polar surface area (TPSA) is 72.7 Å². The summed E-state index contributed by atoms with van der Waals surface area (Å²) in [4.78, 5) is 16.7. The molecular formula is C26H26FN5OS. The summed E-state index contributed by atoms with van der Waals surface area (Å²) in [6.07, 6.45) is 4.12. The molecule has 0 aliphatic carbocycles. The van der Waals surface area contributed by atoms with Crippen molar-refractivity contribution in [1.82, 2.24) is 25.1 Å². The molecule has 8 heteroatoms. The standard InChI is InChI=1S/C26H26FN5OS/c1-18(2)22-7-3-4-8-23(22)32-25(20-6-5-14-28-16-20)30-31-26(32)34-17-24(33)29-15-13-19-9-11-21(27)12-10-19/h3-12,14,16,18H,13,15,17H2,1-2H3,(H,29,33). The number of rotatable bonds is 9. The highest BCUT2D eigenvalue weighted by molar-refractivity contribution is 7.99. The third-order valence-electron chi connectivity index (χ3n) is 5.33. The summed E-state index contributed by atoms with van der Waals surface area (Å²) >= 11 is 1.34. The van der Waals surface area contributed by atoms with Crippen LogP contribution in [-0.2, 0) is 11.2 Å². The number of thioether (sulfide) groups is 1. The lowest BCUT2D eigenvalue weighted by molar-refractivity contribution is -0.118. The number of nitrogens with zero attached hydrogens (tertiary/aromatic N) is 4. The number of nitrogens with one attached hydrogen (secondary N) is 1. The van der Waals surface area contributed by atoms with Crippen LogP contribution >= 0.6 is 11.8 Å². The van der Waals surface area contributed by atoms with Crippen LogP contribution in [0.4, 0.5) is 4.39 Å². The second-order valence-electron chi connectivity index (χ2n) is 8.11. The average Bonchev–Trinajstić information content (AvgIpc) is 3.28. The zero-order valence-electron chi connectivity index (χ0n) is 19.1. The van der Waals surface area contributed by atoms with Gasteiger partial charge in [-0.05, 0) is 53.8 Å². The first-order chi connectivity index (χ1) is 16.5. The molecular weight excluding hydrogens is 449 g/mol. The van der Waals surface area contributed by atoms with E-state index in [0.717, 1.165) is 22.4 Å². The Labute approximate surface area is 202 Å². The summed E-state index contributed by atoms with van der Waals surface area (Å²) in [6, 6.07) is 18.3. The smallest absolute Gasteiger partial charge is 0.230 e. The third-order valence-corrected chi connectivity index (χ3v) is 6.26. The van der Waals surface area contributed by atoms with Crippen molar-refractivity contribution in [3.05, 3.63) is 90.0 Å². The number of carbonyl (C=O) groups excluding carboxylic acids is 1. The van der Waals surface area contributed by atoms with Crippen LogP contribution in [0.25, 0.3) is 17.1 Å². The van der Waals surface area contributed by atoms with Crippen LogP contribution in [0.2, 0.25) is 0 Å². The average molecular weight is 476 g/mol. The van der Waals surface area contributed by atoms with E-state index in [1.807, 2.05) is 34.9 Å². The van der Waals surface area contributed by atoms with Crippen LogP contribution < -0.4 is 5.32 Å². The fourth-order valence-electron chi connectivity index (χ4n) is 3.62. The molecule has 1 N–H and O–H groups in total. The Morgan fingerprint density at radius 2 is 1.85 bits per heavy atom. The molecule has 2 aromatic heterocycles. The highest BCUT2D eigenvalue weighted by Gasteiger charge is 2.20. The van der Waals surface area contributed by atoms with E-state index in [2.05, 4.69) is 40.4 Å². The zero-order valence-corrected chi connectivity index (χ0v) is 19.9. The SMILES string of the molecule is CC(C)c1ccccc1-n1c(SCC(=O)NCCc2ccc(F)cc2)nnc1-c1cccnc1. The zero-order chi connectivity index (χ0) is 23.9. The van der Waals surface area contributed by atoms with E-state index in [1.165, 1.54) is 23.9 Å². The van der Waals surface area contributed by atoms with Crippen LogP contribution in [0.3, 0.4) is 0 Å². The van der Waals surface area contributed by atoms with Crippen molar-refractivity contribution >= 4 is 17.7 Å². The Hall–Kier alpha value is -3.52. The second-order valence-corrected chi connectivity index (χ2v) is 9.05. The van der Waals surface area contributed by atoms with Gasteiger partial charge in [0.1, 0.15) is 5.82 Å². The molecule has 0 spiro atoms. The van der Waals surface area contributed by atoms with Crippen LogP contribution in [0.5, 0.6) is 0 Å². The molecule has 0 saturated carbocycles. The second kappa shape index (κ2) is 11.1.